The molecule has 0 aromatic heterocycles. The molecular formula is C20H21NO4. The third-order valence-electron chi connectivity index (χ3n) is 5.43. The van der Waals surface area contributed by atoms with E-state index in [1.54, 1.807) is 0 Å². The van der Waals surface area contributed by atoms with E-state index < -0.39 is 11.9 Å². The highest BCUT2D eigenvalue weighted by Crippen LogP contribution is 2.47. The van der Waals surface area contributed by atoms with Crippen LogP contribution >= 0.6 is 0 Å². The summed E-state index contributed by atoms with van der Waals surface area (Å²) >= 11 is 0. The third-order valence-corrected chi connectivity index (χ3v) is 5.43. The Balaban J connectivity index is 0.000000265. The second kappa shape index (κ2) is 6.33. The lowest BCUT2D eigenvalue weighted by Crippen LogP contribution is -2.56. The van der Waals surface area contributed by atoms with Gasteiger partial charge in [0.05, 0.1) is 5.54 Å². The molecule has 2 heterocycles. The van der Waals surface area contributed by atoms with Crippen LogP contribution in [0.4, 0.5) is 0 Å². The van der Waals surface area contributed by atoms with Gasteiger partial charge in [-0.3, -0.25) is 4.90 Å². The molecule has 2 aromatic carbocycles. The van der Waals surface area contributed by atoms with E-state index in [0.29, 0.717) is 6.04 Å². The number of nitrogens with zero attached hydrogens (tertiary/aromatic N) is 1. The second-order valence-electron chi connectivity index (χ2n) is 6.67. The summed E-state index contributed by atoms with van der Waals surface area (Å²) in [4.78, 5) is 20.8. The van der Waals surface area contributed by atoms with Gasteiger partial charge in [-0.2, -0.15) is 0 Å². The Morgan fingerprint density at radius 2 is 1.32 bits per heavy atom. The summed E-state index contributed by atoms with van der Waals surface area (Å²) in [6, 6.07) is 18.6. The van der Waals surface area contributed by atoms with Crippen LogP contribution < -0.4 is 0 Å². The van der Waals surface area contributed by atoms with Crippen LogP contribution in [0, 0.1) is 0 Å². The summed E-state index contributed by atoms with van der Waals surface area (Å²) in [6.45, 7) is 2.38. The van der Waals surface area contributed by atoms with Crippen LogP contribution in [0.2, 0.25) is 0 Å². The summed E-state index contributed by atoms with van der Waals surface area (Å²) in [5, 5.41) is 14.8. The number of fused-ring (bicyclic) bond motifs is 6. The van der Waals surface area contributed by atoms with Crippen molar-refractivity contribution in [3.05, 3.63) is 70.8 Å². The maximum absolute atomic E-state index is 9.10. The molecule has 0 unspecified atom stereocenters. The minimum atomic E-state index is -1.82. The molecule has 0 saturated carbocycles. The molecule has 0 amide bonds. The van der Waals surface area contributed by atoms with E-state index in [-0.39, 0.29) is 5.54 Å². The Kier molecular flexibility index (Phi) is 4.35. The molecule has 0 aliphatic carbocycles. The lowest BCUT2D eigenvalue weighted by Gasteiger charge is -2.53. The van der Waals surface area contributed by atoms with E-state index in [2.05, 4.69) is 67.4 Å². The molecule has 0 atom stereocenters. The van der Waals surface area contributed by atoms with Crippen molar-refractivity contribution in [3.63, 3.8) is 0 Å². The first-order valence-corrected chi connectivity index (χ1v) is 8.21. The van der Waals surface area contributed by atoms with Gasteiger partial charge >= 0.3 is 11.9 Å². The molecule has 0 fully saturated rings. The lowest BCUT2D eigenvalue weighted by molar-refractivity contribution is -0.159. The largest absolute Gasteiger partial charge is 0.473 e. The predicted molar refractivity (Wildman–Crippen MR) is 93.6 cm³/mol. The van der Waals surface area contributed by atoms with Gasteiger partial charge in [0.1, 0.15) is 0 Å². The van der Waals surface area contributed by atoms with Gasteiger partial charge in [0.25, 0.3) is 0 Å². The Hall–Kier alpha value is -2.66. The average Bonchev–Trinajstić information content (AvgIpc) is 2.59. The molecule has 5 heteroatoms. The minimum absolute atomic E-state index is 0.0361. The summed E-state index contributed by atoms with van der Waals surface area (Å²) in [7, 11) is 2.29. The van der Waals surface area contributed by atoms with Crippen LogP contribution in [0.1, 0.15) is 29.2 Å². The quantitative estimate of drug-likeness (QED) is 0.721. The monoisotopic (exact) mass is 339 g/mol. The van der Waals surface area contributed by atoms with Crippen molar-refractivity contribution in [1.82, 2.24) is 4.90 Å². The third kappa shape index (κ3) is 2.81. The normalized spacial score (nSPS) is 23.5. The number of rotatable bonds is 0. The van der Waals surface area contributed by atoms with Crippen molar-refractivity contribution in [2.45, 2.75) is 31.3 Å². The molecule has 5 nitrogen and oxygen atoms in total. The summed E-state index contributed by atoms with van der Waals surface area (Å²) < 4.78 is 0. The number of carboxylic acid groups (broad SMARTS) is 2. The molecule has 2 aliphatic heterocycles. The highest BCUT2D eigenvalue weighted by atomic mass is 16.4. The number of hydrogen-bond donors (Lipinski definition) is 2. The number of carbonyl (C=O) groups is 2. The van der Waals surface area contributed by atoms with Crippen molar-refractivity contribution in [2.24, 2.45) is 0 Å². The topological polar surface area (TPSA) is 77.8 Å². The van der Waals surface area contributed by atoms with E-state index >= 15 is 0 Å². The van der Waals surface area contributed by atoms with Crippen molar-refractivity contribution >= 4 is 11.9 Å². The smallest absolute Gasteiger partial charge is 0.414 e. The molecule has 130 valence electrons. The van der Waals surface area contributed by atoms with E-state index in [9.17, 15) is 0 Å². The highest BCUT2D eigenvalue weighted by Gasteiger charge is 2.46. The van der Waals surface area contributed by atoms with Crippen molar-refractivity contribution in [1.29, 1.82) is 0 Å². The molecule has 4 rings (SSSR count). The number of aliphatic carboxylic acids is 2. The van der Waals surface area contributed by atoms with Crippen molar-refractivity contribution in [2.75, 3.05) is 7.05 Å². The minimum Gasteiger partial charge on any atom is -0.473 e. The molecule has 0 spiro atoms. The van der Waals surface area contributed by atoms with Gasteiger partial charge in [0, 0.05) is 6.04 Å². The average molecular weight is 339 g/mol. The van der Waals surface area contributed by atoms with Crippen LogP contribution in [-0.4, -0.2) is 40.1 Å². The first kappa shape index (κ1) is 17.2. The SMILES string of the molecule is CN1C2Cc3ccccc3C1(C)c1ccccc1C2.O=C(O)C(=O)O. The van der Waals surface area contributed by atoms with Crippen LogP contribution in [0.25, 0.3) is 0 Å². The van der Waals surface area contributed by atoms with Crippen LogP contribution in [0.3, 0.4) is 0 Å². The van der Waals surface area contributed by atoms with E-state index in [1.165, 1.54) is 35.1 Å². The molecule has 25 heavy (non-hydrogen) atoms. The fourth-order valence-electron chi connectivity index (χ4n) is 4.09. The molecule has 2 aliphatic rings. The first-order valence-electron chi connectivity index (χ1n) is 8.21. The van der Waals surface area contributed by atoms with E-state index in [1.807, 2.05) is 0 Å². The zero-order chi connectivity index (χ0) is 18.2. The van der Waals surface area contributed by atoms with Gasteiger partial charge in [-0.15, -0.1) is 0 Å². The second-order valence-corrected chi connectivity index (χ2v) is 6.67. The summed E-state index contributed by atoms with van der Waals surface area (Å²) in [5.74, 6) is -3.65. The van der Waals surface area contributed by atoms with Gasteiger partial charge < -0.3 is 10.2 Å². The van der Waals surface area contributed by atoms with Crippen molar-refractivity contribution < 1.29 is 19.8 Å². The van der Waals surface area contributed by atoms with E-state index in [4.69, 9.17) is 19.8 Å². The maximum Gasteiger partial charge on any atom is 0.414 e. The molecule has 2 aromatic rings. The number of benzene rings is 2. The Labute approximate surface area is 146 Å². The van der Waals surface area contributed by atoms with Crippen LogP contribution in [-0.2, 0) is 28.0 Å². The van der Waals surface area contributed by atoms with Gasteiger partial charge in [-0.05, 0) is 49.1 Å². The molecular weight excluding hydrogens is 318 g/mol. The zero-order valence-corrected chi connectivity index (χ0v) is 14.3. The van der Waals surface area contributed by atoms with Gasteiger partial charge in [0.15, 0.2) is 0 Å². The molecule has 0 saturated heterocycles. The Morgan fingerprint density at radius 1 is 0.920 bits per heavy atom. The predicted octanol–water partition coefficient (Wildman–Crippen LogP) is 2.52. The van der Waals surface area contributed by atoms with Gasteiger partial charge in [-0.1, -0.05) is 48.5 Å². The van der Waals surface area contributed by atoms with Gasteiger partial charge in [0.2, 0.25) is 0 Å². The first-order chi connectivity index (χ1) is 11.9. The van der Waals surface area contributed by atoms with Gasteiger partial charge in [-0.25, -0.2) is 9.59 Å². The summed E-state index contributed by atoms with van der Waals surface area (Å²) in [5.41, 5.74) is 6.07. The summed E-state index contributed by atoms with van der Waals surface area (Å²) in [6.07, 6.45) is 2.35. The fourth-order valence-corrected chi connectivity index (χ4v) is 4.09. The number of hydrogen-bond acceptors (Lipinski definition) is 3. The highest BCUT2D eigenvalue weighted by molar-refractivity contribution is 6.27. The number of likely N-dealkylation sites (N-methyl/N-ethyl adjacent to an activating group) is 1. The standard InChI is InChI=1S/C18H19N.C2H2O4/c1-18-16-9-5-3-7-13(16)11-15(19(18)2)12-14-8-4-6-10-17(14)18;3-1(4)2(5)6/h3-10,15H,11-12H2,1-2H3;(H,3,4)(H,5,6). The molecule has 0 radical (unpaired) electrons. The molecule has 2 N–H and O–H groups in total. The maximum atomic E-state index is 9.10. The van der Waals surface area contributed by atoms with Crippen LogP contribution in [0.5, 0.6) is 0 Å². The molecule has 2 bridgehead atoms. The Morgan fingerprint density at radius 3 is 1.72 bits per heavy atom. The zero-order valence-electron chi connectivity index (χ0n) is 14.3. The van der Waals surface area contributed by atoms with Crippen LogP contribution in [0.15, 0.2) is 48.5 Å². The van der Waals surface area contributed by atoms with E-state index in [0.717, 1.165) is 0 Å². The lowest BCUT2D eigenvalue weighted by atomic mass is 9.69. The Bertz CT molecular complexity index is 768. The fraction of sp³-hybridized carbons (Fsp3) is 0.300. The number of carboxylic acids is 2. The van der Waals surface area contributed by atoms with Crippen molar-refractivity contribution in [3.8, 4) is 0 Å².